The van der Waals surface area contributed by atoms with E-state index in [1.165, 1.54) is 12.3 Å². The molecule has 0 aromatic heterocycles. The first kappa shape index (κ1) is 20.6. The maximum atomic E-state index is 11.9. The van der Waals surface area contributed by atoms with E-state index in [-0.39, 0.29) is 18.2 Å². The standard InChI is InChI=1S/C19H20BrN3O4/c1-12(2)15-6-4-13(3)8-18(15)27-11-19(24)22-21-10-14-5-7-16(20)17(9-14)23(25)26/h4-10,12H,11H2,1-3H3,(H,22,24)/b21-10-. The van der Waals surface area contributed by atoms with Gasteiger partial charge in [-0.05, 0) is 52.0 Å². The second-order valence-electron chi connectivity index (χ2n) is 6.25. The van der Waals surface area contributed by atoms with Crippen molar-refractivity contribution >= 4 is 33.7 Å². The van der Waals surface area contributed by atoms with Crippen LogP contribution in [0.25, 0.3) is 0 Å². The predicted molar refractivity (Wildman–Crippen MR) is 107 cm³/mol. The van der Waals surface area contributed by atoms with Gasteiger partial charge >= 0.3 is 0 Å². The Bertz CT molecular complexity index is 881. The zero-order valence-corrected chi connectivity index (χ0v) is 16.8. The Morgan fingerprint density at radius 2 is 2.07 bits per heavy atom. The summed E-state index contributed by atoms with van der Waals surface area (Å²) in [6.45, 7) is 5.89. The first-order chi connectivity index (χ1) is 12.8. The Morgan fingerprint density at radius 1 is 1.33 bits per heavy atom. The molecule has 0 radical (unpaired) electrons. The largest absolute Gasteiger partial charge is 0.483 e. The van der Waals surface area contributed by atoms with Gasteiger partial charge in [0.05, 0.1) is 15.6 Å². The molecule has 0 fully saturated rings. The van der Waals surface area contributed by atoms with Crippen molar-refractivity contribution in [2.75, 3.05) is 6.61 Å². The Labute approximate surface area is 165 Å². The van der Waals surface area contributed by atoms with Crippen molar-refractivity contribution in [3.63, 3.8) is 0 Å². The molecule has 1 N–H and O–H groups in total. The van der Waals surface area contributed by atoms with Crippen LogP contribution in [0.1, 0.15) is 36.5 Å². The number of amides is 1. The fourth-order valence-electron chi connectivity index (χ4n) is 2.35. The number of nitrogens with one attached hydrogen (secondary N) is 1. The van der Waals surface area contributed by atoms with E-state index >= 15 is 0 Å². The molecule has 0 aliphatic heterocycles. The van der Waals surface area contributed by atoms with E-state index in [0.717, 1.165) is 11.1 Å². The van der Waals surface area contributed by atoms with Gasteiger partial charge in [0.25, 0.3) is 11.6 Å². The van der Waals surface area contributed by atoms with Crippen LogP contribution in [0.4, 0.5) is 5.69 Å². The van der Waals surface area contributed by atoms with E-state index in [1.54, 1.807) is 12.1 Å². The lowest BCUT2D eigenvalue weighted by Gasteiger charge is -2.14. The summed E-state index contributed by atoms with van der Waals surface area (Å²) in [5.41, 5.74) is 4.84. The van der Waals surface area contributed by atoms with Crippen molar-refractivity contribution in [2.24, 2.45) is 5.10 Å². The van der Waals surface area contributed by atoms with Gasteiger partial charge in [-0.3, -0.25) is 14.9 Å². The number of rotatable bonds is 7. The zero-order valence-electron chi connectivity index (χ0n) is 15.2. The number of nitro benzene ring substituents is 1. The molecule has 0 spiro atoms. The molecule has 2 rings (SSSR count). The van der Waals surface area contributed by atoms with Crippen LogP contribution < -0.4 is 10.2 Å². The summed E-state index contributed by atoms with van der Waals surface area (Å²) in [6.07, 6.45) is 1.34. The van der Waals surface area contributed by atoms with Gasteiger partial charge in [0.2, 0.25) is 0 Å². The number of benzene rings is 2. The molecule has 2 aromatic rings. The molecule has 0 aliphatic carbocycles. The molecular formula is C19H20BrN3O4. The normalized spacial score (nSPS) is 11.0. The summed E-state index contributed by atoms with van der Waals surface area (Å²) in [5, 5.41) is 14.7. The molecule has 0 bridgehead atoms. The topological polar surface area (TPSA) is 93.8 Å². The number of ether oxygens (including phenoxy) is 1. The molecule has 0 atom stereocenters. The highest BCUT2D eigenvalue weighted by molar-refractivity contribution is 9.10. The summed E-state index contributed by atoms with van der Waals surface area (Å²) in [6, 6.07) is 10.4. The van der Waals surface area contributed by atoms with E-state index < -0.39 is 10.8 Å². The Balaban J connectivity index is 1.96. The molecule has 0 unspecified atom stereocenters. The lowest BCUT2D eigenvalue weighted by molar-refractivity contribution is -0.385. The molecular weight excluding hydrogens is 414 g/mol. The number of hydrazone groups is 1. The van der Waals surface area contributed by atoms with Crippen molar-refractivity contribution in [1.29, 1.82) is 0 Å². The molecule has 2 aromatic carbocycles. The highest BCUT2D eigenvalue weighted by Crippen LogP contribution is 2.27. The van der Waals surface area contributed by atoms with Gasteiger partial charge in [0.1, 0.15) is 5.75 Å². The highest BCUT2D eigenvalue weighted by atomic mass is 79.9. The lowest BCUT2D eigenvalue weighted by Crippen LogP contribution is -2.25. The Hall–Kier alpha value is -2.74. The number of nitro groups is 1. The quantitative estimate of drug-likeness (QED) is 0.399. The molecule has 0 heterocycles. The van der Waals surface area contributed by atoms with Gasteiger partial charge in [-0.1, -0.05) is 32.0 Å². The first-order valence-electron chi connectivity index (χ1n) is 8.27. The maximum absolute atomic E-state index is 11.9. The molecule has 0 aliphatic rings. The van der Waals surface area contributed by atoms with Gasteiger partial charge in [-0.25, -0.2) is 5.43 Å². The van der Waals surface area contributed by atoms with Gasteiger partial charge in [-0.2, -0.15) is 5.10 Å². The van der Waals surface area contributed by atoms with Crippen molar-refractivity contribution in [2.45, 2.75) is 26.7 Å². The van der Waals surface area contributed by atoms with E-state index in [0.29, 0.717) is 15.8 Å². The van der Waals surface area contributed by atoms with Crippen LogP contribution in [0, 0.1) is 17.0 Å². The summed E-state index contributed by atoms with van der Waals surface area (Å²) in [7, 11) is 0. The average molecular weight is 434 g/mol. The number of hydrogen-bond donors (Lipinski definition) is 1. The number of hydrogen-bond acceptors (Lipinski definition) is 5. The van der Waals surface area contributed by atoms with Crippen molar-refractivity contribution in [3.8, 4) is 5.75 Å². The van der Waals surface area contributed by atoms with Crippen molar-refractivity contribution in [1.82, 2.24) is 5.43 Å². The fourth-order valence-corrected chi connectivity index (χ4v) is 2.74. The van der Waals surface area contributed by atoms with Crippen LogP contribution in [0.3, 0.4) is 0 Å². The van der Waals surface area contributed by atoms with E-state index in [2.05, 4.69) is 40.3 Å². The second kappa shape index (κ2) is 9.27. The first-order valence-corrected chi connectivity index (χ1v) is 9.06. The summed E-state index contributed by atoms with van der Waals surface area (Å²) in [4.78, 5) is 22.4. The number of carbonyl (C=O) groups is 1. The minimum absolute atomic E-state index is 0.0747. The molecule has 142 valence electrons. The Morgan fingerprint density at radius 3 is 2.74 bits per heavy atom. The van der Waals surface area contributed by atoms with Crippen molar-refractivity contribution in [3.05, 3.63) is 67.7 Å². The van der Waals surface area contributed by atoms with Crippen LogP contribution >= 0.6 is 15.9 Å². The van der Waals surface area contributed by atoms with Crippen LogP contribution in [0.15, 0.2) is 46.0 Å². The molecule has 0 saturated carbocycles. The van der Waals surface area contributed by atoms with Gasteiger partial charge < -0.3 is 4.74 Å². The monoisotopic (exact) mass is 433 g/mol. The summed E-state index contributed by atoms with van der Waals surface area (Å²) >= 11 is 3.11. The lowest BCUT2D eigenvalue weighted by atomic mass is 10.0. The van der Waals surface area contributed by atoms with Crippen LogP contribution in [0.5, 0.6) is 5.75 Å². The molecule has 7 nitrogen and oxygen atoms in total. The summed E-state index contributed by atoms with van der Waals surface area (Å²) < 4.78 is 6.00. The minimum atomic E-state index is -0.498. The SMILES string of the molecule is Cc1ccc(C(C)C)c(OCC(=O)N/N=C\c2ccc(Br)c([N+](=O)[O-])c2)c1. The smallest absolute Gasteiger partial charge is 0.284 e. The third-order valence-electron chi connectivity index (χ3n) is 3.72. The summed E-state index contributed by atoms with van der Waals surface area (Å²) in [5.74, 6) is 0.525. The number of aryl methyl sites for hydroxylation is 1. The number of carbonyl (C=O) groups excluding carboxylic acids is 1. The van der Waals surface area contributed by atoms with Crippen molar-refractivity contribution < 1.29 is 14.5 Å². The van der Waals surface area contributed by atoms with Crippen LogP contribution in [0.2, 0.25) is 0 Å². The van der Waals surface area contributed by atoms with Gasteiger partial charge in [-0.15, -0.1) is 0 Å². The Kier molecular flexibility index (Phi) is 7.06. The second-order valence-corrected chi connectivity index (χ2v) is 7.10. The average Bonchev–Trinajstić information content (AvgIpc) is 2.61. The molecule has 1 amide bonds. The van der Waals surface area contributed by atoms with Crippen LogP contribution in [-0.4, -0.2) is 23.7 Å². The number of halogens is 1. The van der Waals surface area contributed by atoms with E-state index in [4.69, 9.17) is 4.74 Å². The molecule has 27 heavy (non-hydrogen) atoms. The predicted octanol–water partition coefficient (Wildman–Crippen LogP) is 4.32. The highest BCUT2D eigenvalue weighted by Gasteiger charge is 2.12. The van der Waals surface area contributed by atoms with E-state index in [9.17, 15) is 14.9 Å². The number of nitrogens with zero attached hydrogens (tertiary/aromatic N) is 2. The maximum Gasteiger partial charge on any atom is 0.284 e. The third-order valence-corrected chi connectivity index (χ3v) is 4.39. The molecule has 0 saturated heterocycles. The zero-order chi connectivity index (χ0) is 20.0. The third kappa shape index (κ3) is 5.89. The van der Waals surface area contributed by atoms with Gasteiger partial charge in [0.15, 0.2) is 6.61 Å². The molecule has 8 heteroatoms. The fraction of sp³-hybridized carbons (Fsp3) is 0.263. The van der Waals surface area contributed by atoms with E-state index in [1.807, 2.05) is 25.1 Å². The minimum Gasteiger partial charge on any atom is -0.483 e. The van der Waals surface area contributed by atoms with Gasteiger partial charge in [0, 0.05) is 11.6 Å². The van der Waals surface area contributed by atoms with Crippen LogP contribution in [-0.2, 0) is 4.79 Å².